The standard InChI is InChI=1S/C20H15FN2O2/c1-13-10-17(8-9-18(13)21)24-12-19-22-20(25-23-19)16-7-6-14-4-2-3-5-15(14)11-16/h2-11H,12H2,1H3. The number of hydrogen-bond acceptors (Lipinski definition) is 4. The second-order valence-electron chi connectivity index (χ2n) is 5.78. The van der Waals surface area contributed by atoms with Crippen molar-refractivity contribution in [3.05, 3.63) is 77.9 Å². The first-order valence-electron chi connectivity index (χ1n) is 7.90. The molecule has 0 amide bonds. The minimum atomic E-state index is -0.259. The monoisotopic (exact) mass is 334 g/mol. The van der Waals surface area contributed by atoms with Gasteiger partial charge in [0.25, 0.3) is 5.89 Å². The zero-order valence-corrected chi connectivity index (χ0v) is 13.6. The van der Waals surface area contributed by atoms with Crippen LogP contribution in [-0.2, 0) is 6.61 Å². The molecule has 1 heterocycles. The molecule has 0 aliphatic carbocycles. The number of aromatic nitrogens is 2. The number of aryl methyl sites for hydroxylation is 1. The van der Waals surface area contributed by atoms with E-state index in [1.54, 1.807) is 19.1 Å². The van der Waals surface area contributed by atoms with Crippen LogP contribution in [0.4, 0.5) is 4.39 Å². The summed E-state index contributed by atoms with van der Waals surface area (Å²) >= 11 is 0. The van der Waals surface area contributed by atoms with Crippen LogP contribution in [0.25, 0.3) is 22.2 Å². The highest BCUT2D eigenvalue weighted by Crippen LogP contribution is 2.23. The molecule has 0 fully saturated rings. The Morgan fingerprint density at radius 2 is 1.84 bits per heavy atom. The van der Waals surface area contributed by atoms with E-state index in [-0.39, 0.29) is 12.4 Å². The molecule has 0 radical (unpaired) electrons. The molecule has 0 saturated carbocycles. The lowest BCUT2D eigenvalue weighted by Gasteiger charge is -2.04. The fourth-order valence-corrected chi connectivity index (χ4v) is 2.61. The molecule has 3 aromatic carbocycles. The highest BCUT2D eigenvalue weighted by atomic mass is 19.1. The summed E-state index contributed by atoms with van der Waals surface area (Å²) in [7, 11) is 0. The molecule has 25 heavy (non-hydrogen) atoms. The first-order chi connectivity index (χ1) is 12.2. The smallest absolute Gasteiger partial charge is 0.258 e. The van der Waals surface area contributed by atoms with Crippen LogP contribution in [0.1, 0.15) is 11.4 Å². The Hall–Kier alpha value is -3.21. The van der Waals surface area contributed by atoms with E-state index in [0.717, 1.165) is 16.3 Å². The molecule has 0 aliphatic heterocycles. The molecular formula is C20H15FN2O2. The molecule has 0 bridgehead atoms. The molecule has 4 nitrogen and oxygen atoms in total. The summed E-state index contributed by atoms with van der Waals surface area (Å²) in [4.78, 5) is 4.37. The van der Waals surface area contributed by atoms with Crippen LogP contribution in [0.3, 0.4) is 0 Å². The molecule has 0 spiro atoms. The zero-order chi connectivity index (χ0) is 17.2. The minimum absolute atomic E-state index is 0.155. The summed E-state index contributed by atoms with van der Waals surface area (Å²) in [5.74, 6) is 1.19. The van der Waals surface area contributed by atoms with Crippen LogP contribution < -0.4 is 4.74 Å². The lowest BCUT2D eigenvalue weighted by molar-refractivity contribution is 0.286. The van der Waals surface area contributed by atoms with Crippen molar-refractivity contribution >= 4 is 10.8 Å². The highest BCUT2D eigenvalue weighted by molar-refractivity contribution is 5.86. The van der Waals surface area contributed by atoms with Gasteiger partial charge in [0.2, 0.25) is 5.82 Å². The second-order valence-corrected chi connectivity index (χ2v) is 5.78. The van der Waals surface area contributed by atoms with Crippen LogP contribution in [0.2, 0.25) is 0 Å². The Kier molecular flexibility index (Phi) is 3.90. The normalized spacial score (nSPS) is 11.0. The average molecular weight is 334 g/mol. The van der Waals surface area contributed by atoms with E-state index in [4.69, 9.17) is 9.26 Å². The van der Waals surface area contributed by atoms with E-state index in [1.165, 1.54) is 6.07 Å². The van der Waals surface area contributed by atoms with Crippen molar-refractivity contribution in [1.29, 1.82) is 0 Å². The fraction of sp³-hybridized carbons (Fsp3) is 0.100. The van der Waals surface area contributed by atoms with Crippen molar-refractivity contribution in [3.8, 4) is 17.2 Å². The topological polar surface area (TPSA) is 48.2 Å². The van der Waals surface area contributed by atoms with Crippen molar-refractivity contribution in [2.24, 2.45) is 0 Å². The van der Waals surface area contributed by atoms with Gasteiger partial charge >= 0.3 is 0 Å². The van der Waals surface area contributed by atoms with Crippen LogP contribution in [0.5, 0.6) is 5.75 Å². The number of benzene rings is 3. The summed E-state index contributed by atoms with van der Waals surface area (Å²) < 4.78 is 24.2. The van der Waals surface area contributed by atoms with Gasteiger partial charge in [0.1, 0.15) is 11.6 Å². The molecule has 1 aromatic heterocycles. The lowest BCUT2D eigenvalue weighted by Crippen LogP contribution is -1.98. The molecule has 124 valence electrons. The Balaban J connectivity index is 1.51. The van der Waals surface area contributed by atoms with E-state index in [1.807, 2.05) is 36.4 Å². The van der Waals surface area contributed by atoms with Crippen LogP contribution in [-0.4, -0.2) is 10.1 Å². The van der Waals surface area contributed by atoms with E-state index in [9.17, 15) is 4.39 Å². The quantitative estimate of drug-likeness (QED) is 0.532. The van der Waals surface area contributed by atoms with Crippen molar-refractivity contribution in [2.45, 2.75) is 13.5 Å². The van der Waals surface area contributed by atoms with Gasteiger partial charge in [0, 0.05) is 5.56 Å². The van der Waals surface area contributed by atoms with Crippen LogP contribution in [0.15, 0.2) is 65.2 Å². The maximum atomic E-state index is 13.3. The minimum Gasteiger partial charge on any atom is -0.485 e. The van der Waals surface area contributed by atoms with Crippen molar-refractivity contribution in [1.82, 2.24) is 10.1 Å². The summed E-state index contributed by atoms with van der Waals surface area (Å²) in [6.45, 7) is 1.84. The third-order valence-corrected chi connectivity index (χ3v) is 3.96. The molecule has 0 unspecified atom stereocenters. The van der Waals surface area contributed by atoms with Crippen molar-refractivity contribution in [3.63, 3.8) is 0 Å². The van der Waals surface area contributed by atoms with E-state index < -0.39 is 0 Å². The highest BCUT2D eigenvalue weighted by Gasteiger charge is 2.10. The van der Waals surface area contributed by atoms with Gasteiger partial charge < -0.3 is 9.26 Å². The largest absolute Gasteiger partial charge is 0.485 e. The van der Waals surface area contributed by atoms with E-state index in [0.29, 0.717) is 23.0 Å². The molecule has 4 rings (SSSR count). The third kappa shape index (κ3) is 3.21. The second kappa shape index (κ2) is 6.36. The van der Waals surface area contributed by atoms with Crippen molar-refractivity contribution in [2.75, 3.05) is 0 Å². The van der Waals surface area contributed by atoms with Crippen LogP contribution in [0, 0.1) is 12.7 Å². The SMILES string of the molecule is Cc1cc(OCc2noc(-c3ccc4ccccc4c3)n2)ccc1F. The number of hydrogen-bond donors (Lipinski definition) is 0. The van der Waals surface area contributed by atoms with Crippen molar-refractivity contribution < 1.29 is 13.7 Å². The number of halogens is 1. The third-order valence-electron chi connectivity index (χ3n) is 3.96. The fourth-order valence-electron chi connectivity index (χ4n) is 2.61. The van der Waals surface area contributed by atoms with Gasteiger partial charge in [-0.05, 0) is 53.6 Å². The van der Waals surface area contributed by atoms with Gasteiger partial charge in [-0.3, -0.25) is 0 Å². The average Bonchev–Trinajstić information content (AvgIpc) is 3.11. The molecular weight excluding hydrogens is 319 g/mol. The Labute approximate surface area is 143 Å². The number of nitrogens with zero attached hydrogens (tertiary/aromatic N) is 2. The van der Waals surface area contributed by atoms with E-state index >= 15 is 0 Å². The maximum absolute atomic E-state index is 13.3. The van der Waals surface area contributed by atoms with Crippen LogP contribution >= 0.6 is 0 Å². The Morgan fingerprint density at radius 1 is 1.00 bits per heavy atom. The lowest BCUT2D eigenvalue weighted by atomic mass is 10.1. The number of fused-ring (bicyclic) bond motifs is 1. The summed E-state index contributed by atoms with van der Waals surface area (Å²) in [5.41, 5.74) is 1.39. The molecule has 4 aromatic rings. The summed E-state index contributed by atoms with van der Waals surface area (Å²) in [6.07, 6.45) is 0. The van der Waals surface area contributed by atoms with Gasteiger partial charge in [0.05, 0.1) is 0 Å². The van der Waals surface area contributed by atoms with Gasteiger partial charge in [-0.2, -0.15) is 4.98 Å². The molecule has 0 atom stereocenters. The zero-order valence-electron chi connectivity index (χ0n) is 13.6. The molecule has 0 N–H and O–H groups in total. The summed E-state index contributed by atoms with van der Waals surface area (Å²) in [6, 6.07) is 18.7. The van der Waals surface area contributed by atoms with Gasteiger partial charge in [0.15, 0.2) is 6.61 Å². The predicted octanol–water partition coefficient (Wildman–Crippen LogP) is 4.92. The number of ether oxygens (including phenoxy) is 1. The molecule has 5 heteroatoms. The maximum Gasteiger partial charge on any atom is 0.258 e. The Morgan fingerprint density at radius 3 is 2.68 bits per heavy atom. The van der Waals surface area contributed by atoms with Gasteiger partial charge in [-0.25, -0.2) is 4.39 Å². The molecule has 0 aliphatic rings. The van der Waals surface area contributed by atoms with Gasteiger partial charge in [-0.15, -0.1) is 0 Å². The molecule has 0 saturated heterocycles. The Bertz CT molecular complexity index is 1040. The summed E-state index contributed by atoms with van der Waals surface area (Å²) in [5, 5.41) is 6.21. The first kappa shape index (κ1) is 15.3. The number of rotatable bonds is 4. The van der Waals surface area contributed by atoms with Gasteiger partial charge in [-0.1, -0.05) is 35.5 Å². The first-order valence-corrected chi connectivity index (χ1v) is 7.90. The van der Waals surface area contributed by atoms with E-state index in [2.05, 4.69) is 16.2 Å². The predicted molar refractivity (Wildman–Crippen MR) is 92.7 cm³/mol.